The predicted octanol–water partition coefficient (Wildman–Crippen LogP) is 2.93. The molecule has 3 unspecified atom stereocenters. The predicted molar refractivity (Wildman–Crippen MR) is 64.8 cm³/mol. The van der Waals surface area contributed by atoms with E-state index in [1.165, 1.54) is 12.8 Å². The standard InChI is InChI=1S/C12H21NSi/c1-14(2,3)13-12-9-8-10-6-4-5-7-11(10)12/h4-7,10-13H,8-9H2,1-3H3. The molecule has 0 aromatic carbocycles. The number of fused-ring (bicyclic) bond motifs is 1. The summed E-state index contributed by atoms with van der Waals surface area (Å²) in [4.78, 5) is 3.87. The molecule has 0 radical (unpaired) electrons. The van der Waals surface area contributed by atoms with E-state index in [9.17, 15) is 0 Å². The lowest BCUT2D eigenvalue weighted by Crippen LogP contribution is -2.49. The molecular formula is C12H21NSi. The van der Waals surface area contributed by atoms with Gasteiger partial charge in [0.25, 0.3) is 0 Å². The van der Waals surface area contributed by atoms with Crippen molar-refractivity contribution in [3.8, 4) is 0 Å². The first kappa shape index (κ1) is 10.2. The summed E-state index contributed by atoms with van der Waals surface area (Å²) < 4.78 is 0. The molecule has 0 aromatic heterocycles. The Labute approximate surface area is 88.4 Å². The van der Waals surface area contributed by atoms with Gasteiger partial charge in [0.05, 0.1) is 0 Å². The van der Waals surface area contributed by atoms with Gasteiger partial charge in [0.2, 0.25) is 0 Å². The average molecular weight is 207 g/mol. The Morgan fingerprint density at radius 3 is 2.50 bits per heavy atom. The lowest BCUT2D eigenvalue weighted by molar-refractivity contribution is 0.477. The van der Waals surface area contributed by atoms with E-state index in [0.29, 0.717) is 0 Å². The van der Waals surface area contributed by atoms with Crippen LogP contribution >= 0.6 is 0 Å². The first-order valence-corrected chi connectivity index (χ1v) is 9.19. The van der Waals surface area contributed by atoms with Crippen LogP contribution in [0, 0.1) is 11.8 Å². The Morgan fingerprint density at radius 2 is 1.79 bits per heavy atom. The fourth-order valence-electron chi connectivity index (χ4n) is 2.68. The quantitative estimate of drug-likeness (QED) is 0.687. The number of rotatable bonds is 2. The van der Waals surface area contributed by atoms with E-state index in [1.807, 2.05) is 0 Å². The smallest absolute Gasteiger partial charge is 0.116 e. The van der Waals surface area contributed by atoms with E-state index < -0.39 is 8.24 Å². The van der Waals surface area contributed by atoms with E-state index in [1.54, 1.807) is 0 Å². The molecule has 1 nitrogen and oxygen atoms in total. The Bertz CT molecular complexity index is 262. The molecule has 0 bridgehead atoms. The molecule has 3 atom stereocenters. The highest BCUT2D eigenvalue weighted by Gasteiger charge is 2.35. The zero-order valence-corrected chi connectivity index (χ0v) is 10.5. The molecule has 2 heteroatoms. The van der Waals surface area contributed by atoms with Crippen LogP contribution in [-0.2, 0) is 0 Å². The fraction of sp³-hybridized carbons (Fsp3) is 0.667. The average Bonchev–Trinajstić information content (AvgIpc) is 2.47. The van der Waals surface area contributed by atoms with Crippen molar-refractivity contribution in [2.24, 2.45) is 11.8 Å². The maximum atomic E-state index is 3.87. The lowest BCUT2D eigenvalue weighted by atomic mass is 9.90. The van der Waals surface area contributed by atoms with Crippen LogP contribution in [0.15, 0.2) is 24.3 Å². The normalized spacial score (nSPS) is 36.1. The van der Waals surface area contributed by atoms with Crippen molar-refractivity contribution in [2.75, 3.05) is 0 Å². The van der Waals surface area contributed by atoms with Crippen molar-refractivity contribution >= 4 is 8.24 Å². The minimum absolute atomic E-state index is 0.743. The maximum absolute atomic E-state index is 3.87. The molecule has 0 aromatic rings. The Hall–Kier alpha value is -0.343. The molecule has 0 amide bonds. The number of allylic oxidation sites excluding steroid dienone is 3. The van der Waals surface area contributed by atoms with Crippen LogP contribution in [0.1, 0.15) is 12.8 Å². The second-order valence-corrected chi connectivity index (χ2v) is 10.4. The van der Waals surface area contributed by atoms with E-state index in [4.69, 9.17) is 0 Å². The van der Waals surface area contributed by atoms with Gasteiger partial charge in [-0.3, -0.25) is 0 Å². The summed E-state index contributed by atoms with van der Waals surface area (Å²) in [5, 5.41) is 0. The summed E-state index contributed by atoms with van der Waals surface area (Å²) in [7, 11) is -1.11. The van der Waals surface area contributed by atoms with Gasteiger partial charge in [-0.25, -0.2) is 0 Å². The molecule has 0 heterocycles. The van der Waals surface area contributed by atoms with Crippen LogP contribution in [-0.4, -0.2) is 14.3 Å². The van der Waals surface area contributed by atoms with Gasteiger partial charge < -0.3 is 4.98 Å². The van der Waals surface area contributed by atoms with Gasteiger partial charge in [0, 0.05) is 6.04 Å². The van der Waals surface area contributed by atoms with Crippen LogP contribution in [0.4, 0.5) is 0 Å². The zero-order valence-electron chi connectivity index (χ0n) is 9.46. The minimum Gasteiger partial charge on any atom is -0.334 e. The topological polar surface area (TPSA) is 12.0 Å². The van der Waals surface area contributed by atoms with Crippen molar-refractivity contribution in [1.82, 2.24) is 4.98 Å². The molecule has 0 aliphatic heterocycles. The highest BCUT2D eigenvalue weighted by atomic mass is 28.3. The Morgan fingerprint density at radius 1 is 1.07 bits per heavy atom. The summed E-state index contributed by atoms with van der Waals surface area (Å²) in [6, 6.07) is 0.743. The monoisotopic (exact) mass is 207 g/mol. The molecule has 1 fully saturated rings. The minimum atomic E-state index is -1.11. The summed E-state index contributed by atoms with van der Waals surface area (Å²) >= 11 is 0. The van der Waals surface area contributed by atoms with Gasteiger partial charge in [-0.05, 0) is 24.7 Å². The maximum Gasteiger partial charge on any atom is 0.116 e. The summed E-state index contributed by atoms with van der Waals surface area (Å²) in [6.07, 6.45) is 11.9. The van der Waals surface area contributed by atoms with Gasteiger partial charge in [-0.2, -0.15) is 0 Å². The van der Waals surface area contributed by atoms with E-state index in [-0.39, 0.29) is 0 Å². The molecule has 0 spiro atoms. The van der Waals surface area contributed by atoms with E-state index in [0.717, 1.165) is 17.9 Å². The van der Waals surface area contributed by atoms with Gasteiger partial charge >= 0.3 is 0 Å². The van der Waals surface area contributed by atoms with Crippen molar-refractivity contribution in [2.45, 2.75) is 38.5 Å². The molecular weight excluding hydrogens is 186 g/mol. The van der Waals surface area contributed by atoms with Crippen LogP contribution < -0.4 is 4.98 Å². The van der Waals surface area contributed by atoms with Crippen molar-refractivity contribution < 1.29 is 0 Å². The Kier molecular flexibility index (Phi) is 2.67. The summed E-state index contributed by atoms with van der Waals surface area (Å²) in [6.45, 7) is 7.17. The second-order valence-electron chi connectivity index (χ2n) is 5.59. The van der Waals surface area contributed by atoms with Crippen LogP contribution in [0.25, 0.3) is 0 Å². The zero-order chi connectivity index (χ0) is 10.2. The van der Waals surface area contributed by atoms with E-state index in [2.05, 4.69) is 48.9 Å². The van der Waals surface area contributed by atoms with Crippen molar-refractivity contribution in [3.05, 3.63) is 24.3 Å². The number of nitrogens with one attached hydrogen (secondary N) is 1. The van der Waals surface area contributed by atoms with Crippen molar-refractivity contribution in [3.63, 3.8) is 0 Å². The van der Waals surface area contributed by atoms with Crippen LogP contribution in [0.5, 0.6) is 0 Å². The molecule has 1 saturated carbocycles. The lowest BCUT2D eigenvalue weighted by Gasteiger charge is -2.29. The molecule has 2 rings (SSSR count). The molecule has 14 heavy (non-hydrogen) atoms. The van der Waals surface area contributed by atoms with Crippen LogP contribution in [0.3, 0.4) is 0 Å². The first-order chi connectivity index (χ1) is 6.56. The number of hydrogen-bond acceptors (Lipinski definition) is 1. The first-order valence-electron chi connectivity index (χ1n) is 5.69. The fourth-order valence-corrected chi connectivity index (χ4v) is 4.13. The van der Waals surface area contributed by atoms with Crippen LogP contribution in [0.2, 0.25) is 19.6 Å². The third kappa shape index (κ3) is 2.18. The highest BCUT2D eigenvalue weighted by Crippen LogP contribution is 2.36. The Balaban J connectivity index is 2.02. The summed E-state index contributed by atoms with van der Waals surface area (Å²) in [5.74, 6) is 1.58. The molecule has 1 N–H and O–H groups in total. The van der Waals surface area contributed by atoms with Gasteiger partial charge in [0.15, 0.2) is 0 Å². The number of hydrogen-bond donors (Lipinski definition) is 1. The van der Waals surface area contributed by atoms with Gasteiger partial charge in [-0.1, -0.05) is 43.9 Å². The molecule has 0 saturated heterocycles. The molecule has 78 valence electrons. The third-order valence-electron chi connectivity index (χ3n) is 3.19. The van der Waals surface area contributed by atoms with E-state index >= 15 is 0 Å². The van der Waals surface area contributed by atoms with Crippen molar-refractivity contribution in [1.29, 1.82) is 0 Å². The summed E-state index contributed by atoms with van der Waals surface area (Å²) in [5.41, 5.74) is 0. The largest absolute Gasteiger partial charge is 0.334 e. The molecule has 2 aliphatic rings. The SMILES string of the molecule is C[Si](C)(C)NC1CCC2C=CC=CC21. The van der Waals surface area contributed by atoms with Gasteiger partial charge in [-0.15, -0.1) is 0 Å². The highest BCUT2D eigenvalue weighted by molar-refractivity contribution is 6.73. The van der Waals surface area contributed by atoms with Gasteiger partial charge in [0.1, 0.15) is 8.24 Å². The third-order valence-corrected chi connectivity index (χ3v) is 4.43. The second kappa shape index (κ2) is 3.67. The molecule has 2 aliphatic carbocycles.